The quantitative estimate of drug-likeness (QED) is 0.522. The summed E-state index contributed by atoms with van der Waals surface area (Å²) in [6.45, 7) is 0.149. The van der Waals surface area contributed by atoms with E-state index in [1.54, 1.807) is 18.2 Å². The Labute approximate surface area is 174 Å². The first-order valence-electron chi connectivity index (χ1n) is 9.50. The molecule has 0 aliphatic heterocycles. The molecule has 0 heterocycles. The zero-order valence-electron chi connectivity index (χ0n) is 16.8. The zero-order valence-corrected chi connectivity index (χ0v) is 16.8. The Morgan fingerprint density at radius 2 is 1.73 bits per heavy atom. The Balaban J connectivity index is 1.56. The summed E-state index contributed by atoms with van der Waals surface area (Å²) in [5.41, 5.74) is 1.14. The number of fused-ring (bicyclic) bond motifs is 1. The molecule has 0 saturated heterocycles. The molecule has 3 N–H and O–H groups in total. The average molecular weight is 408 g/mol. The number of aliphatic hydroxyl groups is 1. The second kappa shape index (κ2) is 9.76. The summed E-state index contributed by atoms with van der Waals surface area (Å²) < 4.78 is 10.3. The summed E-state index contributed by atoms with van der Waals surface area (Å²) in [6.07, 6.45) is -0.486. The van der Waals surface area contributed by atoms with Gasteiger partial charge in [0.05, 0.1) is 26.0 Å². The van der Waals surface area contributed by atoms with Crippen LogP contribution >= 0.6 is 0 Å². The van der Waals surface area contributed by atoms with Crippen molar-refractivity contribution in [3.63, 3.8) is 0 Å². The van der Waals surface area contributed by atoms with Crippen LogP contribution in [0, 0.1) is 0 Å². The van der Waals surface area contributed by atoms with E-state index < -0.39 is 17.9 Å². The summed E-state index contributed by atoms with van der Waals surface area (Å²) in [5.74, 6) is -0.672. The van der Waals surface area contributed by atoms with Gasteiger partial charge in [0.2, 0.25) is 0 Å². The van der Waals surface area contributed by atoms with Gasteiger partial charge < -0.3 is 25.2 Å². The van der Waals surface area contributed by atoms with Gasteiger partial charge in [-0.1, -0.05) is 42.5 Å². The minimum Gasteiger partial charge on any atom is -0.497 e. The molecule has 1 atom stereocenters. The molecule has 0 bridgehead atoms. The monoisotopic (exact) mass is 408 g/mol. The maximum atomic E-state index is 12.2. The number of anilines is 1. The molecule has 30 heavy (non-hydrogen) atoms. The summed E-state index contributed by atoms with van der Waals surface area (Å²) in [6, 6.07) is 18.3. The number of carbonyl (C=O) groups is 2. The van der Waals surface area contributed by atoms with Crippen LogP contribution in [-0.4, -0.2) is 37.7 Å². The van der Waals surface area contributed by atoms with Gasteiger partial charge in [-0.3, -0.25) is 9.59 Å². The van der Waals surface area contributed by atoms with Crippen molar-refractivity contribution in [2.75, 3.05) is 26.1 Å². The first-order valence-corrected chi connectivity index (χ1v) is 9.50. The van der Waals surface area contributed by atoms with E-state index in [1.807, 2.05) is 42.5 Å². The van der Waals surface area contributed by atoms with Gasteiger partial charge in [0.1, 0.15) is 11.5 Å². The molecule has 7 heteroatoms. The van der Waals surface area contributed by atoms with Gasteiger partial charge in [0.15, 0.2) is 0 Å². The molecule has 3 rings (SSSR count). The highest BCUT2D eigenvalue weighted by Gasteiger charge is 2.17. The molecule has 1 unspecified atom stereocenters. The number of hydrogen-bond acceptors (Lipinski definition) is 5. The van der Waals surface area contributed by atoms with Gasteiger partial charge >= 0.3 is 11.8 Å². The number of ether oxygens (including phenoxy) is 2. The molecule has 0 radical (unpaired) electrons. The van der Waals surface area contributed by atoms with E-state index in [-0.39, 0.29) is 13.0 Å². The molecule has 7 nitrogen and oxygen atoms in total. The average Bonchev–Trinajstić information content (AvgIpc) is 2.78. The van der Waals surface area contributed by atoms with Crippen LogP contribution in [0.25, 0.3) is 10.8 Å². The van der Waals surface area contributed by atoms with E-state index in [0.717, 1.165) is 16.3 Å². The van der Waals surface area contributed by atoms with E-state index in [1.165, 1.54) is 14.2 Å². The van der Waals surface area contributed by atoms with Crippen LogP contribution in [-0.2, 0) is 9.59 Å². The molecule has 0 aliphatic carbocycles. The maximum absolute atomic E-state index is 12.2. The lowest BCUT2D eigenvalue weighted by Gasteiger charge is -2.14. The van der Waals surface area contributed by atoms with Gasteiger partial charge in [0.25, 0.3) is 0 Å². The van der Waals surface area contributed by atoms with E-state index in [0.29, 0.717) is 17.2 Å². The SMILES string of the molecule is COc1ccc(NC(=O)C(=O)NCCC(O)c2cccc3ccccc23)c(OC)c1. The van der Waals surface area contributed by atoms with Crippen molar-refractivity contribution < 1.29 is 24.2 Å². The number of benzene rings is 3. The fraction of sp³-hybridized carbons (Fsp3) is 0.217. The van der Waals surface area contributed by atoms with Crippen LogP contribution in [0.1, 0.15) is 18.1 Å². The third kappa shape index (κ3) is 4.87. The lowest BCUT2D eigenvalue weighted by atomic mass is 9.99. The smallest absolute Gasteiger partial charge is 0.313 e. The van der Waals surface area contributed by atoms with Crippen LogP contribution in [0.15, 0.2) is 60.7 Å². The number of hydrogen-bond donors (Lipinski definition) is 3. The molecule has 3 aromatic carbocycles. The summed E-state index contributed by atoms with van der Waals surface area (Å²) in [4.78, 5) is 24.3. The van der Waals surface area contributed by atoms with E-state index in [4.69, 9.17) is 9.47 Å². The fourth-order valence-electron chi connectivity index (χ4n) is 3.18. The Hall–Kier alpha value is -3.58. The Morgan fingerprint density at radius 1 is 0.967 bits per heavy atom. The number of methoxy groups -OCH3 is 2. The molecule has 0 saturated carbocycles. The Bertz CT molecular complexity index is 1050. The molecule has 0 fully saturated rings. The van der Waals surface area contributed by atoms with Crippen molar-refractivity contribution in [1.29, 1.82) is 0 Å². The lowest BCUT2D eigenvalue weighted by molar-refractivity contribution is -0.136. The van der Waals surface area contributed by atoms with Crippen molar-refractivity contribution in [2.24, 2.45) is 0 Å². The van der Waals surface area contributed by atoms with Crippen molar-refractivity contribution in [3.8, 4) is 11.5 Å². The summed E-state index contributed by atoms with van der Waals surface area (Å²) in [7, 11) is 2.98. The molecule has 3 aromatic rings. The van der Waals surface area contributed by atoms with E-state index in [9.17, 15) is 14.7 Å². The number of aliphatic hydroxyl groups excluding tert-OH is 1. The van der Waals surface area contributed by atoms with Crippen LogP contribution in [0.2, 0.25) is 0 Å². The summed E-state index contributed by atoms with van der Waals surface area (Å²) in [5, 5.41) is 17.6. The zero-order chi connectivity index (χ0) is 21.5. The Kier molecular flexibility index (Phi) is 6.87. The first kappa shape index (κ1) is 21.1. The second-order valence-electron chi connectivity index (χ2n) is 6.65. The fourth-order valence-corrected chi connectivity index (χ4v) is 3.18. The van der Waals surface area contributed by atoms with Crippen LogP contribution < -0.4 is 20.1 Å². The second-order valence-corrected chi connectivity index (χ2v) is 6.65. The number of rotatable bonds is 7. The third-order valence-electron chi connectivity index (χ3n) is 4.75. The van der Waals surface area contributed by atoms with E-state index in [2.05, 4.69) is 10.6 Å². The molecule has 0 aromatic heterocycles. The van der Waals surface area contributed by atoms with Crippen LogP contribution in [0.5, 0.6) is 11.5 Å². The largest absolute Gasteiger partial charge is 0.497 e. The number of nitrogens with one attached hydrogen (secondary N) is 2. The van der Waals surface area contributed by atoms with Crippen molar-refractivity contribution in [2.45, 2.75) is 12.5 Å². The van der Waals surface area contributed by atoms with Crippen molar-refractivity contribution >= 4 is 28.3 Å². The van der Waals surface area contributed by atoms with E-state index >= 15 is 0 Å². The first-order chi connectivity index (χ1) is 14.5. The van der Waals surface area contributed by atoms with Crippen LogP contribution in [0.4, 0.5) is 5.69 Å². The summed E-state index contributed by atoms with van der Waals surface area (Å²) >= 11 is 0. The number of amides is 2. The van der Waals surface area contributed by atoms with Crippen LogP contribution in [0.3, 0.4) is 0 Å². The highest BCUT2D eigenvalue weighted by molar-refractivity contribution is 6.39. The normalized spacial score (nSPS) is 11.6. The predicted molar refractivity (Wildman–Crippen MR) is 115 cm³/mol. The number of carbonyl (C=O) groups excluding carboxylic acids is 2. The predicted octanol–water partition coefficient (Wildman–Crippen LogP) is 3.04. The lowest BCUT2D eigenvalue weighted by Crippen LogP contribution is -2.36. The van der Waals surface area contributed by atoms with Gasteiger partial charge in [-0.25, -0.2) is 0 Å². The molecule has 156 valence electrons. The van der Waals surface area contributed by atoms with Gasteiger partial charge in [-0.2, -0.15) is 0 Å². The molecular weight excluding hydrogens is 384 g/mol. The maximum Gasteiger partial charge on any atom is 0.313 e. The standard InChI is InChI=1S/C23H24N2O5/c1-29-16-10-11-19(21(14-16)30-2)25-23(28)22(27)24-13-12-20(26)18-9-5-7-15-6-3-4-8-17(15)18/h3-11,14,20,26H,12-13H2,1-2H3,(H,24,27)(H,25,28). The molecule has 0 spiro atoms. The topological polar surface area (TPSA) is 96.9 Å². The van der Waals surface area contributed by atoms with Gasteiger partial charge in [0, 0.05) is 12.6 Å². The highest BCUT2D eigenvalue weighted by Crippen LogP contribution is 2.29. The minimum atomic E-state index is -0.821. The van der Waals surface area contributed by atoms with Gasteiger partial charge in [-0.05, 0) is 34.9 Å². The Morgan fingerprint density at radius 3 is 2.50 bits per heavy atom. The van der Waals surface area contributed by atoms with Crippen molar-refractivity contribution in [1.82, 2.24) is 5.32 Å². The minimum absolute atomic E-state index is 0.149. The molecule has 2 amide bonds. The third-order valence-corrected chi connectivity index (χ3v) is 4.75. The van der Waals surface area contributed by atoms with Crippen molar-refractivity contribution in [3.05, 3.63) is 66.2 Å². The molecular formula is C23H24N2O5. The molecule has 0 aliphatic rings. The van der Waals surface area contributed by atoms with Gasteiger partial charge in [-0.15, -0.1) is 0 Å². The highest BCUT2D eigenvalue weighted by atomic mass is 16.5.